The van der Waals surface area contributed by atoms with Gasteiger partial charge in [-0.25, -0.2) is 0 Å². The van der Waals surface area contributed by atoms with Gasteiger partial charge in [0.25, 0.3) is 0 Å². The number of rotatable bonds is 70. The summed E-state index contributed by atoms with van der Waals surface area (Å²) in [5.41, 5.74) is 0. The molecule has 9 nitrogen and oxygen atoms in total. The van der Waals surface area contributed by atoms with E-state index in [-0.39, 0.29) is 12.5 Å². The van der Waals surface area contributed by atoms with Crippen molar-refractivity contribution in [2.24, 2.45) is 0 Å². The van der Waals surface area contributed by atoms with Gasteiger partial charge in [0, 0.05) is 6.42 Å². The lowest BCUT2D eigenvalue weighted by Crippen LogP contribution is -2.60. The van der Waals surface area contributed by atoms with Crippen molar-refractivity contribution in [2.75, 3.05) is 13.2 Å². The molecule has 0 aromatic carbocycles. The highest BCUT2D eigenvalue weighted by atomic mass is 16.7. The number of carbonyl (C=O) groups is 1. The van der Waals surface area contributed by atoms with E-state index in [1.54, 1.807) is 0 Å². The summed E-state index contributed by atoms with van der Waals surface area (Å²) in [6.45, 7) is 3.91. The van der Waals surface area contributed by atoms with Crippen LogP contribution in [0.5, 0.6) is 0 Å². The third kappa shape index (κ3) is 54.6. The van der Waals surface area contributed by atoms with Crippen molar-refractivity contribution in [2.45, 2.75) is 461 Å². The first kappa shape index (κ1) is 82.9. The van der Waals surface area contributed by atoms with Gasteiger partial charge < -0.3 is 40.3 Å². The van der Waals surface area contributed by atoms with Crippen LogP contribution in [0.1, 0.15) is 418 Å². The molecule has 7 unspecified atom stereocenters. The number of amides is 1. The van der Waals surface area contributed by atoms with E-state index in [1.165, 1.54) is 353 Å². The second-order valence-electron chi connectivity index (χ2n) is 27.5. The summed E-state index contributed by atoms with van der Waals surface area (Å²) in [6.07, 6.45) is 80.4. The van der Waals surface area contributed by atoms with E-state index in [0.717, 1.165) is 38.5 Å². The van der Waals surface area contributed by atoms with Gasteiger partial charge in [0.05, 0.1) is 25.4 Å². The van der Waals surface area contributed by atoms with Crippen molar-refractivity contribution < 1.29 is 39.8 Å². The summed E-state index contributed by atoms with van der Waals surface area (Å²) >= 11 is 0. The average Bonchev–Trinajstić information content (AvgIpc) is 3.55. The van der Waals surface area contributed by atoms with Gasteiger partial charge in [-0.3, -0.25) is 4.79 Å². The largest absolute Gasteiger partial charge is 0.394 e. The molecule has 0 aromatic heterocycles. The van der Waals surface area contributed by atoms with Gasteiger partial charge in [0.15, 0.2) is 6.29 Å². The highest BCUT2D eigenvalue weighted by molar-refractivity contribution is 5.76. The van der Waals surface area contributed by atoms with E-state index in [4.69, 9.17) is 9.47 Å². The lowest BCUT2D eigenvalue weighted by molar-refractivity contribution is -0.302. The van der Waals surface area contributed by atoms with Gasteiger partial charge in [0.1, 0.15) is 24.4 Å². The molecule has 1 rings (SSSR count). The van der Waals surface area contributed by atoms with Crippen molar-refractivity contribution in [1.82, 2.24) is 5.32 Å². The molecule has 0 aromatic rings. The topological polar surface area (TPSA) is 149 Å². The van der Waals surface area contributed by atoms with Gasteiger partial charge in [-0.1, -0.05) is 386 Å². The zero-order valence-electron chi connectivity index (χ0n) is 57.6. The van der Waals surface area contributed by atoms with Crippen LogP contribution in [0.25, 0.3) is 0 Å². The normalized spacial score (nSPS) is 18.0. The third-order valence-electron chi connectivity index (χ3n) is 19.1. The Bertz CT molecular complexity index is 1360. The fourth-order valence-corrected chi connectivity index (χ4v) is 13.0. The molecule has 1 saturated heterocycles. The second-order valence-corrected chi connectivity index (χ2v) is 27.5. The molecule has 0 saturated carbocycles. The number of hydrogen-bond acceptors (Lipinski definition) is 8. The molecule has 86 heavy (non-hydrogen) atoms. The Balaban J connectivity index is 2.02. The zero-order chi connectivity index (χ0) is 62.1. The molecular formula is C77H151NO8. The summed E-state index contributed by atoms with van der Waals surface area (Å²) in [4.78, 5) is 13.2. The Hall–Kier alpha value is -1.07. The molecule has 0 spiro atoms. The molecule has 0 bridgehead atoms. The van der Waals surface area contributed by atoms with Crippen LogP contribution in [0, 0.1) is 0 Å². The molecular weight excluding hydrogens is 1070 g/mol. The Morgan fingerprint density at radius 3 is 0.942 bits per heavy atom. The van der Waals surface area contributed by atoms with Crippen molar-refractivity contribution >= 4 is 5.91 Å². The summed E-state index contributed by atoms with van der Waals surface area (Å²) in [5.74, 6) is -0.133. The first-order valence-electron chi connectivity index (χ1n) is 38.9. The molecule has 0 radical (unpaired) electrons. The molecule has 512 valence electrons. The number of ether oxygens (including phenoxy) is 2. The predicted molar refractivity (Wildman–Crippen MR) is 369 cm³/mol. The average molecular weight is 1220 g/mol. The molecule has 9 heteroatoms. The number of aliphatic hydroxyl groups is 5. The van der Waals surface area contributed by atoms with E-state index in [9.17, 15) is 30.3 Å². The number of aliphatic hydroxyl groups excluding tert-OH is 5. The van der Waals surface area contributed by atoms with Crippen LogP contribution in [-0.4, -0.2) is 87.5 Å². The maximum atomic E-state index is 13.2. The molecule has 6 N–H and O–H groups in total. The van der Waals surface area contributed by atoms with Crippen molar-refractivity contribution in [1.29, 1.82) is 0 Å². The summed E-state index contributed by atoms with van der Waals surface area (Å²) in [7, 11) is 0. The number of unbranched alkanes of at least 4 members (excludes halogenated alkanes) is 58. The van der Waals surface area contributed by atoms with Gasteiger partial charge in [-0.05, 0) is 38.5 Å². The van der Waals surface area contributed by atoms with Crippen LogP contribution >= 0.6 is 0 Å². The van der Waals surface area contributed by atoms with E-state index < -0.39 is 49.5 Å². The van der Waals surface area contributed by atoms with Gasteiger partial charge in [-0.2, -0.15) is 0 Å². The maximum absolute atomic E-state index is 13.2. The van der Waals surface area contributed by atoms with Gasteiger partial charge >= 0.3 is 0 Å². The van der Waals surface area contributed by atoms with Gasteiger partial charge in [-0.15, -0.1) is 0 Å². The first-order chi connectivity index (χ1) is 42.3. The highest BCUT2D eigenvalue weighted by Gasteiger charge is 2.44. The smallest absolute Gasteiger partial charge is 0.220 e. The predicted octanol–water partition coefficient (Wildman–Crippen LogP) is 21.8. The number of allylic oxidation sites excluding steroid dienone is 2. The lowest BCUT2D eigenvalue weighted by atomic mass is 9.99. The standard InChI is InChI=1S/C77H151NO8/c1-3-5-7-9-11-13-15-17-19-21-23-25-27-29-30-31-32-33-34-35-36-37-38-39-40-41-42-43-45-47-49-51-53-55-57-59-61-63-65-67-73(81)78-70(69-85-77-76(84)75(83)74(82)72(68-79)86-77)71(80)66-64-62-60-58-56-54-52-50-48-46-44-28-26-24-22-20-18-16-14-12-10-8-6-4-2/h21,23,70-72,74-77,79-80,82-84H,3-20,22,24-69H2,1-2H3,(H,78,81)/b23-21-. The molecule has 0 aliphatic carbocycles. The van der Waals surface area contributed by atoms with Crippen molar-refractivity contribution in [3.63, 3.8) is 0 Å². The Morgan fingerprint density at radius 1 is 0.384 bits per heavy atom. The summed E-state index contributed by atoms with van der Waals surface area (Å²) < 4.78 is 11.4. The lowest BCUT2D eigenvalue weighted by Gasteiger charge is -2.40. The van der Waals surface area contributed by atoms with Crippen LogP contribution in [0.3, 0.4) is 0 Å². The van der Waals surface area contributed by atoms with E-state index in [1.807, 2.05) is 0 Å². The second kappa shape index (κ2) is 66.8. The highest BCUT2D eigenvalue weighted by Crippen LogP contribution is 2.24. The van der Waals surface area contributed by atoms with E-state index in [0.29, 0.717) is 12.8 Å². The zero-order valence-corrected chi connectivity index (χ0v) is 57.6. The van der Waals surface area contributed by atoms with Crippen molar-refractivity contribution in [3.05, 3.63) is 12.2 Å². The summed E-state index contributed by atoms with van der Waals surface area (Å²) in [5, 5.41) is 55.0. The molecule has 1 amide bonds. The molecule has 7 atom stereocenters. The van der Waals surface area contributed by atoms with Crippen molar-refractivity contribution in [3.8, 4) is 0 Å². The molecule has 1 aliphatic rings. The summed E-state index contributed by atoms with van der Waals surface area (Å²) in [6, 6.07) is -0.717. The van der Waals surface area contributed by atoms with E-state index >= 15 is 0 Å². The minimum absolute atomic E-state index is 0.131. The van der Waals surface area contributed by atoms with Crippen LogP contribution in [0.4, 0.5) is 0 Å². The van der Waals surface area contributed by atoms with Crippen LogP contribution in [0.2, 0.25) is 0 Å². The fourth-order valence-electron chi connectivity index (χ4n) is 13.0. The SMILES string of the molecule is CCCCCCCCCC/C=C\CCCCCCCCCCCCCCCCCCCCCCCCCCCCCC(=O)NC(COC1OC(CO)C(O)C(O)C1O)C(O)CCCCCCCCCCCCCCCCCCCCCCCCCC. The number of carbonyl (C=O) groups excluding carboxylic acids is 1. The molecule has 1 aliphatic heterocycles. The van der Waals surface area contributed by atoms with Gasteiger partial charge in [0.2, 0.25) is 5.91 Å². The minimum Gasteiger partial charge on any atom is -0.394 e. The monoisotopic (exact) mass is 1220 g/mol. The van der Waals surface area contributed by atoms with Crippen LogP contribution in [-0.2, 0) is 14.3 Å². The number of hydrogen-bond donors (Lipinski definition) is 6. The molecule has 1 fully saturated rings. The Kier molecular flexibility index (Phi) is 64.5. The third-order valence-corrected chi connectivity index (χ3v) is 19.1. The minimum atomic E-state index is -1.55. The number of nitrogens with one attached hydrogen (secondary N) is 1. The Morgan fingerprint density at radius 2 is 0.651 bits per heavy atom. The molecule has 1 heterocycles. The fraction of sp³-hybridized carbons (Fsp3) is 0.961. The van der Waals surface area contributed by atoms with Crippen LogP contribution < -0.4 is 5.32 Å². The maximum Gasteiger partial charge on any atom is 0.220 e. The van der Waals surface area contributed by atoms with E-state index in [2.05, 4.69) is 31.3 Å². The quantitative estimate of drug-likeness (QED) is 0.0261. The Labute approximate surface area is 535 Å². The first-order valence-corrected chi connectivity index (χ1v) is 38.9. The van der Waals surface area contributed by atoms with Crippen LogP contribution in [0.15, 0.2) is 12.2 Å².